The molecule has 0 saturated heterocycles. The number of rotatable bonds is 7. The van der Waals surface area contributed by atoms with E-state index in [9.17, 15) is 14.4 Å². The number of esters is 1. The highest BCUT2D eigenvalue weighted by atomic mass is 16.5. The molecule has 2 atom stereocenters. The summed E-state index contributed by atoms with van der Waals surface area (Å²) in [6.45, 7) is 2.37. The summed E-state index contributed by atoms with van der Waals surface area (Å²) in [5.41, 5.74) is 2.99. The fourth-order valence-corrected chi connectivity index (χ4v) is 4.18. The summed E-state index contributed by atoms with van der Waals surface area (Å²) in [6.07, 6.45) is -0.563. The fraction of sp³-hybridized carbons (Fsp3) is 0.423. The molecule has 2 amide bonds. The number of ether oxygens (including phenoxy) is 2. The predicted molar refractivity (Wildman–Crippen MR) is 130 cm³/mol. The third-order valence-electron chi connectivity index (χ3n) is 5.95. The molecule has 34 heavy (non-hydrogen) atoms. The molecule has 2 aromatic rings. The molecule has 8 heteroatoms. The van der Waals surface area contributed by atoms with Crippen LogP contribution in [0.5, 0.6) is 5.75 Å². The van der Waals surface area contributed by atoms with Crippen LogP contribution in [0.15, 0.2) is 42.5 Å². The molecule has 0 N–H and O–H groups in total. The van der Waals surface area contributed by atoms with Gasteiger partial charge >= 0.3 is 5.97 Å². The van der Waals surface area contributed by atoms with Gasteiger partial charge in [0.1, 0.15) is 5.75 Å². The van der Waals surface area contributed by atoms with Crippen LogP contribution in [0.25, 0.3) is 0 Å². The topological polar surface area (TPSA) is 79.4 Å². The van der Waals surface area contributed by atoms with Crippen LogP contribution in [0, 0.1) is 0 Å². The van der Waals surface area contributed by atoms with E-state index in [2.05, 4.69) is 0 Å². The number of amides is 2. The van der Waals surface area contributed by atoms with Crippen molar-refractivity contribution in [2.75, 3.05) is 53.3 Å². The van der Waals surface area contributed by atoms with E-state index in [1.807, 2.05) is 55.4 Å². The highest BCUT2D eigenvalue weighted by molar-refractivity contribution is 6.01. The van der Waals surface area contributed by atoms with Gasteiger partial charge in [-0.15, -0.1) is 0 Å². The van der Waals surface area contributed by atoms with Gasteiger partial charge in [0.05, 0.1) is 7.11 Å². The first kappa shape index (κ1) is 25.2. The van der Waals surface area contributed by atoms with Gasteiger partial charge in [0.2, 0.25) is 0 Å². The molecule has 8 nitrogen and oxygen atoms in total. The Balaban J connectivity index is 2.15. The Labute approximate surface area is 201 Å². The number of methoxy groups -OCH3 is 1. The van der Waals surface area contributed by atoms with Crippen molar-refractivity contribution >= 4 is 23.5 Å². The summed E-state index contributed by atoms with van der Waals surface area (Å²) in [6, 6.07) is 12.8. The maximum atomic E-state index is 13.8. The molecule has 182 valence electrons. The van der Waals surface area contributed by atoms with Gasteiger partial charge in [0.25, 0.3) is 11.8 Å². The van der Waals surface area contributed by atoms with Crippen LogP contribution in [0.1, 0.15) is 34.3 Å². The van der Waals surface area contributed by atoms with Crippen LogP contribution in [0.4, 0.5) is 5.69 Å². The SMILES string of the molecule is COc1ccc([C@H]2Cc3cc(C(=O)N(C)C)ccc3N(CCN(C)C)C(=O)[C@H]2OC(C)=O)cc1. The lowest BCUT2D eigenvalue weighted by Crippen LogP contribution is -2.45. The molecule has 0 fully saturated rings. The molecule has 1 aliphatic heterocycles. The predicted octanol–water partition coefficient (Wildman–Crippen LogP) is 2.56. The van der Waals surface area contributed by atoms with Crippen molar-refractivity contribution in [1.29, 1.82) is 0 Å². The van der Waals surface area contributed by atoms with Crippen molar-refractivity contribution in [1.82, 2.24) is 9.80 Å². The van der Waals surface area contributed by atoms with Gasteiger partial charge in [-0.3, -0.25) is 14.4 Å². The molecule has 0 bridgehead atoms. The van der Waals surface area contributed by atoms with E-state index in [4.69, 9.17) is 9.47 Å². The molecule has 0 spiro atoms. The van der Waals surface area contributed by atoms with Crippen LogP contribution in [-0.4, -0.2) is 82.1 Å². The summed E-state index contributed by atoms with van der Waals surface area (Å²) in [5.74, 6) is -0.632. The number of anilines is 1. The Bertz CT molecular complexity index is 1050. The van der Waals surface area contributed by atoms with E-state index in [0.717, 1.165) is 16.8 Å². The number of carbonyl (C=O) groups excluding carboxylic acids is 3. The fourth-order valence-electron chi connectivity index (χ4n) is 4.18. The van der Waals surface area contributed by atoms with Crippen molar-refractivity contribution in [3.63, 3.8) is 0 Å². The Morgan fingerprint density at radius 3 is 2.29 bits per heavy atom. The highest BCUT2D eigenvalue weighted by Crippen LogP contribution is 2.37. The van der Waals surface area contributed by atoms with E-state index in [1.165, 1.54) is 11.8 Å². The number of carbonyl (C=O) groups is 3. The van der Waals surface area contributed by atoms with E-state index >= 15 is 0 Å². The summed E-state index contributed by atoms with van der Waals surface area (Å²) < 4.78 is 10.9. The molecule has 0 unspecified atom stereocenters. The molecule has 0 saturated carbocycles. The molecule has 2 aromatic carbocycles. The van der Waals surface area contributed by atoms with Gasteiger partial charge < -0.3 is 24.2 Å². The normalized spacial score (nSPS) is 17.7. The van der Waals surface area contributed by atoms with Gasteiger partial charge in [-0.1, -0.05) is 12.1 Å². The monoisotopic (exact) mass is 467 g/mol. The highest BCUT2D eigenvalue weighted by Gasteiger charge is 2.40. The van der Waals surface area contributed by atoms with Crippen LogP contribution in [0.3, 0.4) is 0 Å². The van der Waals surface area contributed by atoms with Gasteiger partial charge in [-0.05, 0) is 62.0 Å². The lowest BCUT2D eigenvalue weighted by Gasteiger charge is -2.29. The third kappa shape index (κ3) is 5.56. The van der Waals surface area contributed by atoms with Crippen molar-refractivity contribution in [2.45, 2.75) is 25.4 Å². The quantitative estimate of drug-likeness (QED) is 0.583. The zero-order valence-corrected chi connectivity index (χ0v) is 20.7. The second-order valence-corrected chi connectivity index (χ2v) is 8.95. The minimum absolute atomic E-state index is 0.115. The molecule has 1 heterocycles. The second-order valence-electron chi connectivity index (χ2n) is 8.95. The number of nitrogens with zero attached hydrogens (tertiary/aromatic N) is 3. The molecule has 0 aromatic heterocycles. The minimum atomic E-state index is -0.992. The molecular weight excluding hydrogens is 434 g/mol. The van der Waals surface area contributed by atoms with Crippen LogP contribution >= 0.6 is 0 Å². The van der Waals surface area contributed by atoms with Crippen molar-refractivity contribution < 1.29 is 23.9 Å². The first-order chi connectivity index (χ1) is 16.1. The Morgan fingerprint density at radius 1 is 1.06 bits per heavy atom. The standard InChI is InChI=1S/C26H33N3O5/c1-17(30)34-24-22(18-7-10-21(33-6)11-8-18)16-20-15-19(25(31)28(4)5)9-12-23(20)29(26(24)32)14-13-27(2)3/h7-12,15,22,24H,13-14,16H2,1-6H3/t22-,24+/m1/s1. The van der Waals surface area contributed by atoms with Gasteiger partial charge in [0, 0.05) is 51.3 Å². The summed E-state index contributed by atoms with van der Waals surface area (Å²) >= 11 is 0. The average molecular weight is 468 g/mol. The number of fused-ring (bicyclic) bond motifs is 1. The third-order valence-corrected chi connectivity index (χ3v) is 5.95. The first-order valence-electron chi connectivity index (χ1n) is 11.2. The molecule has 3 rings (SSSR count). The zero-order valence-electron chi connectivity index (χ0n) is 20.7. The average Bonchev–Trinajstić information content (AvgIpc) is 2.91. The molecule has 0 aliphatic carbocycles. The maximum absolute atomic E-state index is 13.8. The minimum Gasteiger partial charge on any atom is -0.497 e. The lowest BCUT2D eigenvalue weighted by atomic mass is 9.87. The van der Waals surface area contributed by atoms with E-state index in [-0.39, 0.29) is 11.8 Å². The first-order valence-corrected chi connectivity index (χ1v) is 11.2. The number of hydrogen-bond acceptors (Lipinski definition) is 6. The Kier molecular flexibility index (Phi) is 7.94. The Hall–Kier alpha value is -3.39. The number of hydrogen-bond donors (Lipinski definition) is 0. The molecule has 0 radical (unpaired) electrons. The Morgan fingerprint density at radius 2 is 1.74 bits per heavy atom. The summed E-state index contributed by atoms with van der Waals surface area (Å²) in [4.78, 5) is 43.7. The van der Waals surface area contributed by atoms with Crippen LogP contribution in [-0.2, 0) is 20.7 Å². The maximum Gasteiger partial charge on any atom is 0.303 e. The van der Waals surface area contributed by atoms with Crippen molar-refractivity contribution in [3.8, 4) is 5.75 Å². The summed E-state index contributed by atoms with van der Waals surface area (Å²) in [5, 5.41) is 0. The van der Waals surface area contributed by atoms with E-state index in [0.29, 0.717) is 30.8 Å². The molecular formula is C26H33N3O5. The van der Waals surface area contributed by atoms with Crippen LogP contribution in [0.2, 0.25) is 0 Å². The van der Waals surface area contributed by atoms with Gasteiger partial charge in [0.15, 0.2) is 6.10 Å². The van der Waals surface area contributed by atoms with E-state index < -0.39 is 18.0 Å². The zero-order chi connectivity index (χ0) is 25.0. The summed E-state index contributed by atoms with van der Waals surface area (Å²) in [7, 11) is 8.88. The van der Waals surface area contributed by atoms with E-state index in [1.54, 1.807) is 32.2 Å². The van der Waals surface area contributed by atoms with Crippen LogP contribution < -0.4 is 9.64 Å². The lowest BCUT2D eigenvalue weighted by molar-refractivity contribution is -0.154. The largest absolute Gasteiger partial charge is 0.497 e. The van der Waals surface area contributed by atoms with Gasteiger partial charge in [-0.2, -0.15) is 0 Å². The number of benzene rings is 2. The van der Waals surface area contributed by atoms with Crippen molar-refractivity contribution in [2.24, 2.45) is 0 Å². The number of likely N-dealkylation sites (N-methyl/N-ethyl adjacent to an activating group) is 1. The second kappa shape index (κ2) is 10.7. The van der Waals surface area contributed by atoms with Gasteiger partial charge in [-0.25, -0.2) is 0 Å². The van der Waals surface area contributed by atoms with Crippen molar-refractivity contribution in [3.05, 3.63) is 59.2 Å². The molecule has 1 aliphatic rings. The smallest absolute Gasteiger partial charge is 0.303 e.